The number of rotatable bonds is 2. The molecule has 0 saturated carbocycles. The summed E-state index contributed by atoms with van der Waals surface area (Å²) in [5.41, 5.74) is 1.13. The van der Waals surface area contributed by atoms with E-state index in [1.165, 1.54) is 0 Å². The fraction of sp³-hybridized carbons (Fsp3) is 0.400. The van der Waals surface area contributed by atoms with Crippen LogP contribution in [0.5, 0.6) is 0 Å². The van der Waals surface area contributed by atoms with Gasteiger partial charge in [0.15, 0.2) is 0 Å². The van der Waals surface area contributed by atoms with E-state index < -0.39 is 0 Å². The second-order valence-corrected chi connectivity index (χ2v) is 5.00. The summed E-state index contributed by atoms with van der Waals surface area (Å²) in [5.74, 6) is 5.19. The summed E-state index contributed by atoms with van der Waals surface area (Å²) in [6.45, 7) is 1.05. The van der Waals surface area contributed by atoms with Crippen LogP contribution in [-0.4, -0.2) is 48.8 Å². The first-order chi connectivity index (χ1) is 9.63. The van der Waals surface area contributed by atoms with Crippen LogP contribution < -0.4 is 0 Å². The molecule has 1 atom stereocenters. The zero-order valence-electron chi connectivity index (χ0n) is 11.2. The molecule has 1 unspecified atom stereocenters. The normalized spacial score (nSPS) is 17.4. The van der Waals surface area contributed by atoms with Crippen molar-refractivity contribution in [2.24, 2.45) is 0 Å². The number of aliphatic hydroxyl groups excluding tert-OH is 1. The Morgan fingerprint density at radius 1 is 1.60 bits per heavy atom. The van der Waals surface area contributed by atoms with Crippen molar-refractivity contribution in [1.82, 2.24) is 4.90 Å². The topological polar surface area (TPSA) is 49.8 Å². The van der Waals surface area contributed by atoms with E-state index in [0.29, 0.717) is 29.4 Å². The predicted molar refractivity (Wildman–Crippen MR) is 76.7 cm³/mol. The lowest BCUT2D eigenvalue weighted by Gasteiger charge is -2.23. The molecule has 106 valence electrons. The summed E-state index contributed by atoms with van der Waals surface area (Å²) >= 11 is 6.09. The molecule has 1 aromatic rings. The highest BCUT2D eigenvalue weighted by molar-refractivity contribution is 6.32. The van der Waals surface area contributed by atoms with Gasteiger partial charge in [-0.2, -0.15) is 0 Å². The Kier molecular flexibility index (Phi) is 5.02. The lowest BCUT2D eigenvalue weighted by Crippen LogP contribution is -2.37. The zero-order chi connectivity index (χ0) is 14.5. The maximum Gasteiger partial charge on any atom is 0.253 e. The molecule has 1 aliphatic heterocycles. The number of halogens is 1. The number of benzene rings is 1. The number of ether oxygens (including phenoxy) is 1. The third-order valence-corrected chi connectivity index (χ3v) is 3.60. The predicted octanol–water partition coefficient (Wildman–Crippen LogP) is 1.54. The molecule has 0 aromatic heterocycles. The molecule has 5 heteroatoms. The van der Waals surface area contributed by atoms with E-state index in [2.05, 4.69) is 11.8 Å². The van der Waals surface area contributed by atoms with Crippen molar-refractivity contribution >= 4 is 17.5 Å². The van der Waals surface area contributed by atoms with Crippen molar-refractivity contribution in [3.63, 3.8) is 0 Å². The largest absolute Gasteiger partial charge is 0.384 e. The van der Waals surface area contributed by atoms with Gasteiger partial charge in [0, 0.05) is 24.8 Å². The highest BCUT2D eigenvalue weighted by Gasteiger charge is 2.25. The Morgan fingerprint density at radius 2 is 2.40 bits per heavy atom. The maximum absolute atomic E-state index is 12.3. The van der Waals surface area contributed by atoms with Crippen LogP contribution in [0.1, 0.15) is 22.3 Å². The Balaban J connectivity index is 2.16. The molecule has 0 bridgehead atoms. The minimum absolute atomic E-state index is 0.0796. The Labute approximate surface area is 123 Å². The second kappa shape index (κ2) is 6.76. The summed E-state index contributed by atoms with van der Waals surface area (Å²) in [4.78, 5) is 14.0. The molecule has 1 fully saturated rings. The summed E-state index contributed by atoms with van der Waals surface area (Å²) < 4.78 is 5.29. The summed E-state index contributed by atoms with van der Waals surface area (Å²) in [6, 6.07) is 5.12. The van der Waals surface area contributed by atoms with E-state index in [-0.39, 0.29) is 18.6 Å². The Hall–Kier alpha value is -1.54. The minimum atomic E-state index is -0.221. The van der Waals surface area contributed by atoms with Crippen molar-refractivity contribution in [2.75, 3.05) is 26.9 Å². The van der Waals surface area contributed by atoms with Gasteiger partial charge in [0.25, 0.3) is 5.91 Å². The Bertz CT molecular complexity index is 556. The van der Waals surface area contributed by atoms with Crippen LogP contribution in [0.15, 0.2) is 18.2 Å². The van der Waals surface area contributed by atoms with Crippen LogP contribution in [0.3, 0.4) is 0 Å². The zero-order valence-corrected chi connectivity index (χ0v) is 12.0. The molecule has 1 heterocycles. The molecule has 1 saturated heterocycles. The number of aliphatic hydroxyl groups is 1. The molecular formula is C15H16ClNO3. The van der Waals surface area contributed by atoms with Crippen molar-refractivity contribution in [1.29, 1.82) is 0 Å². The SMILES string of the molecule is CN(C(=O)c1ccc(C#CCO)c(Cl)c1)C1CCOC1. The van der Waals surface area contributed by atoms with Crippen molar-refractivity contribution < 1.29 is 14.6 Å². The molecular weight excluding hydrogens is 278 g/mol. The van der Waals surface area contributed by atoms with Gasteiger partial charge in [-0.05, 0) is 24.6 Å². The molecule has 1 N–H and O–H groups in total. The van der Waals surface area contributed by atoms with E-state index in [9.17, 15) is 4.79 Å². The van der Waals surface area contributed by atoms with Gasteiger partial charge < -0.3 is 14.7 Å². The highest BCUT2D eigenvalue weighted by atomic mass is 35.5. The first kappa shape index (κ1) is 14.9. The Morgan fingerprint density at radius 3 is 3.00 bits per heavy atom. The number of likely N-dealkylation sites (N-methyl/N-ethyl adjacent to an activating group) is 1. The van der Waals surface area contributed by atoms with Crippen LogP contribution in [-0.2, 0) is 4.74 Å². The van der Waals surface area contributed by atoms with Crippen LogP contribution in [0.4, 0.5) is 0 Å². The smallest absolute Gasteiger partial charge is 0.253 e. The van der Waals surface area contributed by atoms with Gasteiger partial charge in [0.05, 0.1) is 17.7 Å². The van der Waals surface area contributed by atoms with E-state index >= 15 is 0 Å². The molecule has 0 aliphatic carbocycles. The van der Waals surface area contributed by atoms with Gasteiger partial charge in [-0.3, -0.25) is 4.79 Å². The third kappa shape index (κ3) is 3.31. The standard InChI is InChI=1S/C15H16ClNO3/c1-17(13-6-8-20-10-13)15(19)12-5-4-11(3-2-7-18)14(16)9-12/h4-5,9,13,18H,6-8,10H2,1H3. The third-order valence-electron chi connectivity index (χ3n) is 3.29. The van der Waals surface area contributed by atoms with Gasteiger partial charge >= 0.3 is 0 Å². The quantitative estimate of drug-likeness (QED) is 0.842. The van der Waals surface area contributed by atoms with Crippen molar-refractivity contribution in [2.45, 2.75) is 12.5 Å². The first-order valence-corrected chi connectivity index (χ1v) is 6.75. The molecule has 20 heavy (non-hydrogen) atoms. The number of carbonyl (C=O) groups is 1. The van der Waals surface area contributed by atoms with Crippen LogP contribution in [0, 0.1) is 11.8 Å². The lowest BCUT2D eigenvalue weighted by atomic mass is 10.1. The van der Waals surface area contributed by atoms with E-state index in [0.717, 1.165) is 6.42 Å². The molecule has 1 amide bonds. The molecule has 1 aliphatic rings. The van der Waals surface area contributed by atoms with Crippen molar-refractivity contribution in [3.05, 3.63) is 34.3 Å². The van der Waals surface area contributed by atoms with Gasteiger partial charge in [-0.25, -0.2) is 0 Å². The average molecular weight is 294 g/mol. The van der Waals surface area contributed by atoms with Gasteiger partial charge in [-0.15, -0.1) is 0 Å². The number of hydrogen-bond donors (Lipinski definition) is 1. The summed E-state index contributed by atoms with van der Waals surface area (Å²) in [7, 11) is 1.77. The van der Waals surface area contributed by atoms with Crippen LogP contribution >= 0.6 is 11.6 Å². The number of hydrogen-bond acceptors (Lipinski definition) is 3. The minimum Gasteiger partial charge on any atom is -0.384 e. The van der Waals surface area contributed by atoms with Crippen LogP contribution in [0.25, 0.3) is 0 Å². The maximum atomic E-state index is 12.3. The summed E-state index contributed by atoms with van der Waals surface area (Å²) in [6.07, 6.45) is 0.857. The second-order valence-electron chi connectivity index (χ2n) is 4.59. The monoisotopic (exact) mass is 293 g/mol. The summed E-state index contributed by atoms with van der Waals surface area (Å²) in [5, 5.41) is 9.08. The van der Waals surface area contributed by atoms with E-state index in [4.69, 9.17) is 21.4 Å². The van der Waals surface area contributed by atoms with E-state index in [1.807, 2.05) is 0 Å². The van der Waals surface area contributed by atoms with Gasteiger partial charge in [0.2, 0.25) is 0 Å². The number of amides is 1. The van der Waals surface area contributed by atoms with E-state index in [1.54, 1.807) is 30.1 Å². The van der Waals surface area contributed by atoms with Gasteiger partial charge in [-0.1, -0.05) is 23.4 Å². The van der Waals surface area contributed by atoms with Gasteiger partial charge in [0.1, 0.15) is 6.61 Å². The number of nitrogens with zero attached hydrogens (tertiary/aromatic N) is 1. The molecule has 0 radical (unpaired) electrons. The number of carbonyl (C=O) groups excluding carboxylic acids is 1. The molecule has 1 aromatic carbocycles. The first-order valence-electron chi connectivity index (χ1n) is 6.37. The van der Waals surface area contributed by atoms with Crippen LogP contribution in [0.2, 0.25) is 5.02 Å². The van der Waals surface area contributed by atoms with Crippen molar-refractivity contribution in [3.8, 4) is 11.8 Å². The molecule has 4 nitrogen and oxygen atoms in total. The molecule has 0 spiro atoms. The lowest BCUT2D eigenvalue weighted by molar-refractivity contribution is 0.0711. The fourth-order valence-electron chi connectivity index (χ4n) is 2.08. The fourth-order valence-corrected chi connectivity index (χ4v) is 2.31. The highest BCUT2D eigenvalue weighted by Crippen LogP contribution is 2.20. The molecule has 2 rings (SSSR count). The average Bonchev–Trinajstić information content (AvgIpc) is 2.98.